The number of amides is 1. The van der Waals surface area contributed by atoms with E-state index in [1.165, 1.54) is 11.8 Å². The molecule has 158 valence electrons. The molecule has 9 heteroatoms. The lowest BCUT2D eigenvalue weighted by atomic mass is 10.1. The first kappa shape index (κ1) is 20.7. The Balaban J connectivity index is 1.45. The topological polar surface area (TPSA) is 95.1 Å². The summed E-state index contributed by atoms with van der Waals surface area (Å²) < 4.78 is 12.4. The lowest BCUT2D eigenvalue weighted by molar-refractivity contribution is 0.0948. The van der Waals surface area contributed by atoms with Gasteiger partial charge in [0.05, 0.1) is 19.9 Å². The first-order valence-corrected chi connectivity index (χ1v) is 10.6. The van der Waals surface area contributed by atoms with Gasteiger partial charge in [-0.2, -0.15) is 4.68 Å². The summed E-state index contributed by atoms with van der Waals surface area (Å²) in [6, 6.07) is 16.9. The molecule has 0 aliphatic carbocycles. The molecule has 4 aromatic rings. The normalized spacial score (nSPS) is 10.8. The van der Waals surface area contributed by atoms with Crippen molar-refractivity contribution in [2.24, 2.45) is 0 Å². The van der Waals surface area contributed by atoms with Gasteiger partial charge in [-0.1, -0.05) is 30.0 Å². The number of carbonyl (C=O) groups is 1. The Kier molecular flexibility index (Phi) is 6.32. The lowest BCUT2D eigenvalue weighted by Gasteiger charge is -2.10. The maximum Gasteiger partial charge on any atom is 0.251 e. The van der Waals surface area contributed by atoms with Crippen LogP contribution in [0, 0.1) is 6.92 Å². The molecule has 31 heavy (non-hydrogen) atoms. The van der Waals surface area contributed by atoms with Crippen LogP contribution in [0.5, 0.6) is 5.75 Å². The van der Waals surface area contributed by atoms with E-state index in [0.717, 1.165) is 16.8 Å². The first-order valence-electron chi connectivity index (χ1n) is 9.60. The van der Waals surface area contributed by atoms with Gasteiger partial charge in [0.1, 0.15) is 17.2 Å². The molecule has 0 saturated heterocycles. The predicted octanol–water partition coefficient (Wildman–Crippen LogP) is 3.79. The third kappa shape index (κ3) is 4.95. The highest BCUT2D eigenvalue weighted by molar-refractivity contribution is 7.98. The summed E-state index contributed by atoms with van der Waals surface area (Å²) in [4.78, 5) is 12.5. The molecule has 0 atom stereocenters. The number of furan rings is 1. The van der Waals surface area contributed by atoms with E-state index in [4.69, 9.17) is 9.15 Å². The fourth-order valence-electron chi connectivity index (χ4n) is 3.02. The lowest BCUT2D eigenvalue weighted by Crippen LogP contribution is -2.22. The van der Waals surface area contributed by atoms with Gasteiger partial charge in [0, 0.05) is 11.3 Å². The molecule has 0 radical (unpaired) electrons. The van der Waals surface area contributed by atoms with Gasteiger partial charge in [0.15, 0.2) is 0 Å². The van der Waals surface area contributed by atoms with Crippen molar-refractivity contribution < 1.29 is 13.9 Å². The number of methoxy groups -OCH3 is 1. The molecule has 0 spiro atoms. The summed E-state index contributed by atoms with van der Waals surface area (Å²) in [6.07, 6.45) is 1.58. The highest BCUT2D eigenvalue weighted by atomic mass is 32.2. The van der Waals surface area contributed by atoms with Crippen molar-refractivity contribution in [2.45, 2.75) is 24.4 Å². The fraction of sp³-hybridized carbons (Fsp3) is 0.182. The molecule has 2 heterocycles. The quantitative estimate of drug-likeness (QED) is 0.421. The van der Waals surface area contributed by atoms with Gasteiger partial charge in [0.25, 0.3) is 5.91 Å². The van der Waals surface area contributed by atoms with Crippen LogP contribution in [0.25, 0.3) is 5.69 Å². The van der Waals surface area contributed by atoms with Crippen LogP contribution in [-0.2, 0) is 12.3 Å². The zero-order chi connectivity index (χ0) is 21.6. The monoisotopic (exact) mass is 435 g/mol. The van der Waals surface area contributed by atoms with E-state index in [9.17, 15) is 4.79 Å². The van der Waals surface area contributed by atoms with Gasteiger partial charge in [-0.3, -0.25) is 4.79 Å². The van der Waals surface area contributed by atoms with Crippen molar-refractivity contribution in [1.82, 2.24) is 25.5 Å². The average molecular weight is 436 g/mol. The van der Waals surface area contributed by atoms with Crippen LogP contribution < -0.4 is 10.1 Å². The van der Waals surface area contributed by atoms with E-state index < -0.39 is 0 Å². The van der Waals surface area contributed by atoms with Crippen LogP contribution in [-0.4, -0.2) is 33.2 Å². The summed E-state index contributed by atoms with van der Waals surface area (Å²) in [5.74, 6) is 1.85. The number of ether oxygens (including phenoxy) is 1. The SMILES string of the molecule is COc1ccc(C)cc1-n1nnnc1SCc1cccc(C(=O)NCc2ccco2)c1. The fourth-order valence-corrected chi connectivity index (χ4v) is 3.85. The number of benzene rings is 2. The second-order valence-corrected chi connectivity index (χ2v) is 7.74. The van der Waals surface area contributed by atoms with Gasteiger partial charge in [-0.25, -0.2) is 0 Å². The molecule has 0 aliphatic rings. The van der Waals surface area contributed by atoms with Gasteiger partial charge < -0.3 is 14.5 Å². The van der Waals surface area contributed by atoms with Crippen LogP contribution in [0.2, 0.25) is 0 Å². The van der Waals surface area contributed by atoms with Crippen LogP contribution in [0.15, 0.2) is 70.4 Å². The van der Waals surface area contributed by atoms with Gasteiger partial charge in [0.2, 0.25) is 5.16 Å². The smallest absolute Gasteiger partial charge is 0.251 e. The molecule has 0 fully saturated rings. The highest BCUT2D eigenvalue weighted by Crippen LogP contribution is 2.28. The summed E-state index contributed by atoms with van der Waals surface area (Å²) >= 11 is 1.48. The molecule has 0 unspecified atom stereocenters. The Morgan fingerprint density at radius 1 is 1.19 bits per heavy atom. The van der Waals surface area contributed by atoms with E-state index in [1.807, 2.05) is 49.4 Å². The third-order valence-electron chi connectivity index (χ3n) is 4.56. The van der Waals surface area contributed by atoms with Gasteiger partial charge in [-0.15, -0.1) is 5.10 Å². The Morgan fingerprint density at radius 2 is 2.10 bits per heavy atom. The first-order chi connectivity index (χ1) is 15.1. The number of carbonyl (C=O) groups excluding carboxylic acids is 1. The molecule has 0 bridgehead atoms. The van der Waals surface area contributed by atoms with Crippen molar-refractivity contribution in [3.63, 3.8) is 0 Å². The minimum atomic E-state index is -0.155. The van der Waals surface area contributed by atoms with Crippen LogP contribution in [0.1, 0.15) is 27.2 Å². The minimum absolute atomic E-state index is 0.155. The third-order valence-corrected chi connectivity index (χ3v) is 5.55. The second-order valence-electron chi connectivity index (χ2n) is 6.80. The number of thioether (sulfide) groups is 1. The molecule has 2 aromatic carbocycles. The van der Waals surface area contributed by atoms with Crippen molar-refractivity contribution in [3.05, 3.63) is 83.3 Å². The number of hydrogen-bond acceptors (Lipinski definition) is 7. The molecule has 0 saturated carbocycles. The Labute approximate surface area is 183 Å². The van der Waals surface area contributed by atoms with E-state index in [0.29, 0.717) is 34.5 Å². The number of aryl methyl sites for hydroxylation is 1. The second kappa shape index (κ2) is 9.48. The zero-order valence-corrected chi connectivity index (χ0v) is 17.9. The maximum atomic E-state index is 12.5. The number of hydrogen-bond donors (Lipinski definition) is 1. The molecular weight excluding hydrogens is 414 g/mol. The molecule has 4 rings (SSSR count). The van der Waals surface area contributed by atoms with Gasteiger partial charge in [-0.05, 0) is 64.9 Å². The summed E-state index contributed by atoms with van der Waals surface area (Å²) in [5, 5.41) is 15.6. The Bertz CT molecular complexity index is 1170. The van der Waals surface area contributed by atoms with Crippen LogP contribution in [0.3, 0.4) is 0 Å². The number of tetrazole rings is 1. The van der Waals surface area contributed by atoms with Crippen molar-refractivity contribution >= 4 is 17.7 Å². The van der Waals surface area contributed by atoms with Crippen molar-refractivity contribution in [2.75, 3.05) is 7.11 Å². The standard InChI is InChI=1S/C22H21N5O3S/c1-15-8-9-20(29-2)19(11-15)27-22(24-25-26-27)31-14-16-5-3-6-17(12-16)21(28)23-13-18-7-4-10-30-18/h3-12H,13-14H2,1-2H3,(H,23,28). The molecule has 1 N–H and O–H groups in total. The minimum Gasteiger partial charge on any atom is -0.494 e. The predicted molar refractivity (Wildman–Crippen MR) is 116 cm³/mol. The number of rotatable bonds is 8. The van der Waals surface area contributed by atoms with E-state index >= 15 is 0 Å². The zero-order valence-electron chi connectivity index (χ0n) is 17.1. The number of aromatic nitrogens is 4. The molecule has 1 amide bonds. The molecular formula is C22H21N5O3S. The molecule has 8 nitrogen and oxygen atoms in total. The molecule has 0 aliphatic heterocycles. The van der Waals surface area contributed by atoms with E-state index in [1.54, 1.807) is 30.2 Å². The summed E-state index contributed by atoms with van der Waals surface area (Å²) in [7, 11) is 1.62. The summed E-state index contributed by atoms with van der Waals surface area (Å²) in [5.41, 5.74) is 3.43. The van der Waals surface area contributed by atoms with Gasteiger partial charge >= 0.3 is 0 Å². The Morgan fingerprint density at radius 3 is 2.90 bits per heavy atom. The number of nitrogens with zero attached hydrogens (tertiary/aromatic N) is 4. The van der Waals surface area contributed by atoms with Crippen molar-refractivity contribution in [1.29, 1.82) is 0 Å². The summed E-state index contributed by atoms with van der Waals surface area (Å²) in [6.45, 7) is 2.35. The van der Waals surface area contributed by atoms with Crippen molar-refractivity contribution in [3.8, 4) is 11.4 Å². The largest absolute Gasteiger partial charge is 0.494 e. The van der Waals surface area contributed by atoms with Crippen LogP contribution in [0.4, 0.5) is 0 Å². The molecule has 2 aromatic heterocycles. The van der Waals surface area contributed by atoms with E-state index in [-0.39, 0.29) is 5.91 Å². The average Bonchev–Trinajstić information content (AvgIpc) is 3.48. The number of nitrogens with one attached hydrogen (secondary N) is 1. The maximum absolute atomic E-state index is 12.5. The van der Waals surface area contributed by atoms with E-state index in [2.05, 4.69) is 20.8 Å². The van der Waals surface area contributed by atoms with Crippen LogP contribution >= 0.6 is 11.8 Å². The Hall–Kier alpha value is -3.59. The highest BCUT2D eigenvalue weighted by Gasteiger charge is 2.14.